The normalized spacial score (nSPS) is 33.2. The van der Waals surface area contributed by atoms with Crippen molar-refractivity contribution in [2.24, 2.45) is 5.92 Å². The second kappa shape index (κ2) is 14.4. The summed E-state index contributed by atoms with van der Waals surface area (Å²) in [6.07, 6.45) is 11.9. The second-order valence-corrected chi connectivity index (χ2v) is 12.8. The summed E-state index contributed by atoms with van der Waals surface area (Å²) in [4.78, 5) is 0. The third kappa shape index (κ3) is 7.66. The molecule has 0 amide bonds. The zero-order chi connectivity index (χ0) is 27.8. The van der Waals surface area contributed by atoms with E-state index in [0.29, 0.717) is 13.2 Å². The molecule has 7 nitrogen and oxygen atoms in total. The molecule has 226 valence electrons. The van der Waals surface area contributed by atoms with Gasteiger partial charge in [-0.1, -0.05) is 75.8 Å². The van der Waals surface area contributed by atoms with Gasteiger partial charge in [-0.2, -0.15) is 0 Å². The van der Waals surface area contributed by atoms with Crippen molar-refractivity contribution in [1.29, 1.82) is 0 Å². The van der Waals surface area contributed by atoms with Crippen LogP contribution < -0.4 is 0 Å². The van der Waals surface area contributed by atoms with Crippen LogP contribution in [0, 0.1) is 5.92 Å². The predicted octanol–water partition coefficient (Wildman–Crippen LogP) is 5.68. The maximum atomic E-state index is 11.4. The largest absolute Gasteiger partial charge is 0.390 e. The molecule has 1 aromatic carbocycles. The molecule has 1 aromatic rings. The van der Waals surface area contributed by atoms with Gasteiger partial charge in [0, 0.05) is 32.0 Å². The van der Waals surface area contributed by atoms with Crippen molar-refractivity contribution in [1.82, 2.24) is 0 Å². The number of hydrogen-bond donors (Lipinski definition) is 2. The number of unbranched alkanes of at least 4 members (excludes halogenated alkanes) is 3. The number of aliphatic hydroxyl groups is 2. The molecule has 40 heavy (non-hydrogen) atoms. The molecule has 4 aliphatic rings. The first-order chi connectivity index (χ1) is 19.5. The maximum absolute atomic E-state index is 11.4. The number of benzene rings is 1. The minimum atomic E-state index is -0.777. The Morgan fingerprint density at radius 1 is 0.775 bits per heavy atom. The van der Waals surface area contributed by atoms with Crippen LogP contribution in [0.1, 0.15) is 102 Å². The highest BCUT2D eigenvalue weighted by Crippen LogP contribution is 2.47. The van der Waals surface area contributed by atoms with E-state index in [-0.39, 0.29) is 30.8 Å². The molecule has 4 fully saturated rings. The van der Waals surface area contributed by atoms with E-state index in [0.717, 1.165) is 83.7 Å². The molecular formula is C33H52O7. The molecule has 0 radical (unpaired) electrons. The van der Waals surface area contributed by atoms with Crippen molar-refractivity contribution in [3.63, 3.8) is 0 Å². The maximum Gasteiger partial charge on any atom is 0.169 e. The SMILES string of the molecule is C[C@H]1[C@@H](O)[C@H](OCCCCCCOCc2ccccc2)[C@H]2OC3(CCCCC3)O[C@@H]2[C@H]1OCC1(O)CCCCC1. The van der Waals surface area contributed by atoms with Gasteiger partial charge in [0.1, 0.15) is 18.3 Å². The molecule has 1 heterocycles. The van der Waals surface area contributed by atoms with Crippen LogP contribution in [0.15, 0.2) is 30.3 Å². The Kier molecular flexibility index (Phi) is 11.0. The van der Waals surface area contributed by atoms with Crippen molar-refractivity contribution >= 4 is 0 Å². The summed E-state index contributed by atoms with van der Waals surface area (Å²) in [6.45, 7) is 4.33. The van der Waals surface area contributed by atoms with E-state index in [1.165, 1.54) is 18.4 Å². The lowest BCUT2D eigenvalue weighted by atomic mass is 9.79. The highest BCUT2D eigenvalue weighted by molar-refractivity contribution is 5.13. The van der Waals surface area contributed by atoms with Crippen molar-refractivity contribution in [3.8, 4) is 0 Å². The molecule has 0 unspecified atom stereocenters. The first-order valence-electron chi connectivity index (χ1n) is 16.1. The molecule has 2 N–H and O–H groups in total. The Morgan fingerprint density at radius 2 is 1.40 bits per heavy atom. The Bertz CT molecular complexity index is 867. The smallest absolute Gasteiger partial charge is 0.169 e. The van der Waals surface area contributed by atoms with E-state index in [1.54, 1.807) is 0 Å². The lowest BCUT2D eigenvalue weighted by Gasteiger charge is -2.45. The Balaban J connectivity index is 1.10. The van der Waals surface area contributed by atoms with Crippen LogP contribution in [-0.2, 0) is 30.3 Å². The van der Waals surface area contributed by atoms with E-state index in [2.05, 4.69) is 12.1 Å². The van der Waals surface area contributed by atoms with Gasteiger partial charge in [-0.15, -0.1) is 0 Å². The number of fused-ring (bicyclic) bond motifs is 1. The lowest BCUT2D eigenvalue weighted by molar-refractivity contribution is -0.208. The monoisotopic (exact) mass is 560 g/mol. The summed E-state index contributed by atoms with van der Waals surface area (Å²) in [5.74, 6) is -0.773. The number of hydrogen-bond acceptors (Lipinski definition) is 7. The van der Waals surface area contributed by atoms with Gasteiger partial charge in [-0.25, -0.2) is 0 Å². The van der Waals surface area contributed by atoms with E-state index in [4.69, 9.17) is 23.7 Å². The van der Waals surface area contributed by atoms with Crippen LogP contribution >= 0.6 is 0 Å². The highest BCUT2D eigenvalue weighted by atomic mass is 16.8. The van der Waals surface area contributed by atoms with Gasteiger partial charge in [0.05, 0.1) is 31.0 Å². The first kappa shape index (κ1) is 30.4. The van der Waals surface area contributed by atoms with Gasteiger partial charge < -0.3 is 33.9 Å². The topological polar surface area (TPSA) is 86.6 Å². The first-order valence-corrected chi connectivity index (χ1v) is 16.1. The standard InChI is InChI=1S/C33H52O7/c1-25-27(34)29(37-22-14-3-2-13-21-36-23-26-15-7-4-8-16-26)31-30(39-33(40-31)19-11-6-12-20-33)28(25)38-24-32(35)17-9-5-10-18-32/h4,7-8,15-16,25,27-31,34-35H,2-3,5-6,9-14,17-24H2,1H3/t25-,27+,28-,29-,30+,31+/m0/s1. The molecule has 0 bridgehead atoms. The Labute approximate surface area is 240 Å². The molecule has 0 aromatic heterocycles. The summed E-state index contributed by atoms with van der Waals surface area (Å²) >= 11 is 0. The Morgan fingerprint density at radius 3 is 2.10 bits per heavy atom. The van der Waals surface area contributed by atoms with Gasteiger partial charge in [-0.3, -0.25) is 0 Å². The van der Waals surface area contributed by atoms with Crippen LogP contribution in [0.25, 0.3) is 0 Å². The molecule has 6 atom stereocenters. The van der Waals surface area contributed by atoms with Crippen LogP contribution in [-0.4, -0.2) is 71.9 Å². The quantitative estimate of drug-likeness (QED) is 0.300. The van der Waals surface area contributed by atoms with Crippen molar-refractivity contribution in [2.45, 2.75) is 145 Å². The fourth-order valence-corrected chi connectivity index (χ4v) is 7.17. The van der Waals surface area contributed by atoms with E-state index < -0.39 is 23.6 Å². The second-order valence-electron chi connectivity index (χ2n) is 12.8. The highest BCUT2D eigenvalue weighted by Gasteiger charge is 2.60. The Hall–Kier alpha value is -1.06. The van der Waals surface area contributed by atoms with E-state index in [1.807, 2.05) is 25.1 Å². The zero-order valence-corrected chi connectivity index (χ0v) is 24.5. The van der Waals surface area contributed by atoms with Gasteiger partial charge in [0.25, 0.3) is 0 Å². The minimum absolute atomic E-state index is 0.178. The summed E-state index contributed by atoms with van der Waals surface area (Å²) < 4.78 is 32.0. The summed E-state index contributed by atoms with van der Waals surface area (Å²) in [7, 11) is 0. The minimum Gasteiger partial charge on any atom is -0.390 e. The van der Waals surface area contributed by atoms with Crippen LogP contribution in [0.4, 0.5) is 0 Å². The molecule has 1 spiro atoms. The van der Waals surface area contributed by atoms with Gasteiger partial charge in [0.2, 0.25) is 0 Å². The summed E-state index contributed by atoms with van der Waals surface area (Å²) in [5.41, 5.74) is 0.431. The van der Waals surface area contributed by atoms with E-state index >= 15 is 0 Å². The molecule has 3 aliphatic carbocycles. The average molecular weight is 561 g/mol. The van der Waals surface area contributed by atoms with Crippen molar-refractivity contribution in [3.05, 3.63) is 35.9 Å². The molecule has 7 heteroatoms. The molecule has 3 saturated carbocycles. The number of aliphatic hydroxyl groups excluding tert-OH is 1. The molecule has 1 aliphatic heterocycles. The summed E-state index contributed by atoms with van der Waals surface area (Å²) in [6, 6.07) is 10.3. The number of ether oxygens (including phenoxy) is 5. The zero-order valence-electron chi connectivity index (χ0n) is 24.5. The number of rotatable bonds is 13. The molecule has 1 saturated heterocycles. The molecular weight excluding hydrogens is 508 g/mol. The molecule has 5 rings (SSSR count). The predicted molar refractivity (Wildman–Crippen MR) is 153 cm³/mol. The summed E-state index contributed by atoms with van der Waals surface area (Å²) in [5, 5.41) is 22.5. The van der Waals surface area contributed by atoms with Crippen molar-refractivity contribution < 1.29 is 33.9 Å². The third-order valence-electron chi connectivity index (χ3n) is 9.62. The van der Waals surface area contributed by atoms with Crippen molar-refractivity contribution in [2.75, 3.05) is 19.8 Å². The van der Waals surface area contributed by atoms with Gasteiger partial charge >= 0.3 is 0 Å². The average Bonchev–Trinajstić information content (AvgIpc) is 3.32. The lowest BCUT2D eigenvalue weighted by Crippen LogP contribution is -2.61. The van der Waals surface area contributed by atoms with Gasteiger partial charge in [0.15, 0.2) is 5.79 Å². The van der Waals surface area contributed by atoms with E-state index in [9.17, 15) is 10.2 Å². The fourth-order valence-electron chi connectivity index (χ4n) is 7.17. The van der Waals surface area contributed by atoms with Crippen LogP contribution in [0.5, 0.6) is 0 Å². The van der Waals surface area contributed by atoms with Gasteiger partial charge in [-0.05, 0) is 44.1 Å². The van der Waals surface area contributed by atoms with Crippen LogP contribution in [0.2, 0.25) is 0 Å². The third-order valence-corrected chi connectivity index (χ3v) is 9.62. The fraction of sp³-hybridized carbons (Fsp3) is 0.818. The van der Waals surface area contributed by atoms with Crippen LogP contribution in [0.3, 0.4) is 0 Å².